The van der Waals surface area contributed by atoms with E-state index in [2.05, 4.69) is 59.4 Å². The number of hydrogen-bond acceptors (Lipinski definition) is 1. The molecule has 0 saturated heterocycles. The van der Waals surface area contributed by atoms with Crippen LogP contribution in [-0.4, -0.2) is 10.6 Å². The second-order valence-electron chi connectivity index (χ2n) is 5.57. The molecule has 1 aromatic heterocycles. The molecule has 0 radical (unpaired) electrons. The third-order valence-corrected chi connectivity index (χ3v) is 4.07. The van der Waals surface area contributed by atoms with Gasteiger partial charge >= 0.3 is 0 Å². The Hall–Kier alpha value is -1.54. The third kappa shape index (κ3) is 2.90. The van der Waals surface area contributed by atoms with E-state index in [9.17, 15) is 0 Å². The van der Waals surface area contributed by atoms with Crippen molar-refractivity contribution in [3.63, 3.8) is 0 Å². The van der Waals surface area contributed by atoms with E-state index in [0.29, 0.717) is 0 Å². The van der Waals surface area contributed by atoms with Gasteiger partial charge in [-0.1, -0.05) is 30.5 Å². The third-order valence-electron chi connectivity index (χ3n) is 4.07. The van der Waals surface area contributed by atoms with E-state index in [1.807, 2.05) is 0 Å². The molecule has 1 aliphatic carbocycles. The minimum atomic E-state index is 0.723. The lowest BCUT2D eigenvalue weighted by molar-refractivity contribution is 0.516. The number of benzene rings is 1. The molecule has 0 amide bonds. The number of nitrogens with one attached hydrogen (secondary N) is 1. The van der Waals surface area contributed by atoms with Crippen LogP contribution in [0.5, 0.6) is 0 Å². The summed E-state index contributed by atoms with van der Waals surface area (Å²) in [4.78, 5) is 0. The monoisotopic (exact) mass is 254 g/mol. The first-order chi connectivity index (χ1) is 9.33. The van der Waals surface area contributed by atoms with Crippen LogP contribution in [0.3, 0.4) is 0 Å². The van der Waals surface area contributed by atoms with Crippen molar-refractivity contribution >= 4 is 0 Å². The molecule has 1 aromatic carbocycles. The highest BCUT2D eigenvalue weighted by Crippen LogP contribution is 2.19. The van der Waals surface area contributed by atoms with Crippen molar-refractivity contribution in [1.29, 1.82) is 0 Å². The minimum Gasteiger partial charge on any atom is -0.320 e. The summed E-state index contributed by atoms with van der Waals surface area (Å²) in [6.07, 6.45) is 7.60. The molecule has 0 aliphatic heterocycles. The maximum atomic E-state index is 3.68. The first-order valence-corrected chi connectivity index (χ1v) is 7.29. The van der Waals surface area contributed by atoms with E-state index in [0.717, 1.165) is 12.6 Å². The Balaban J connectivity index is 1.72. The molecule has 2 heteroatoms. The van der Waals surface area contributed by atoms with Crippen molar-refractivity contribution in [3.05, 3.63) is 53.9 Å². The van der Waals surface area contributed by atoms with Crippen molar-refractivity contribution < 1.29 is 0 Å². The van der Waals surface area contributed by atoms with Crippen LogP contribution in [0.1, 0.15) is 36.9 Å². The lowest BCUT2D eigenvalue weighted by atomic mass is 10.2. The van der Waals surface area contributed by atoms with E-state index < -0.39 is 0 Å². The molecular weight excluding hydrogens is 232 g/mol. The molecule has 1 heterocycles. The van der Waals surface area contributed by atoms with Gasteiger partial charge in [0.15, 0.2) is 0 Å². The van der Waals surface area contributed by atoms with Gasteiger partial charge < -0.3 is 9.88 Å². The Morgan fingerprint density at radius 3 is 2.58 bits per heavy atom. The van der Waals surface area contributed by atoms with E-state index in [1.165, 1.54) is 42.6 Å². The lowest BCUT2D eigenvalue weighted by Crippen LogP contribution is -2.26. The summed E-state index contributed by atoms with van der Waals surface area (Å²) in [5.74, 6) is 0. The summed E-state index contributed by atoms with van der Waals surface area (Å²) in [6, 6.07) is 13.8. The minimum absolute atomic E-state index is 0.723. The number of hydrogen-bond donors (Lipinski definition) is 1. The zero-order valence-corrected chi connectivity index (χ0v) is 11.6. The maximum absolute atomic E-state index is 3.68. The molecule has 2 nitrogen and oxygen atoms in total. The van der Waals surface area contributed by atoms with Gasteiger partial charge in [0.25, 0.3) is 0 Å². The van der Waals surface area contributed by atoms with E-state index >= 15 is 0 Å². The van der Waals surface area contributed by atoms with Crippen LogP contribution in [0.4, 0.5) is 0 Å². The molecule has 100 valence electrons. The standard InChI is InChI=1S/C17H22N2/c1-14-8-10-16(11-9-14)19-12-4-7-17(19)13-18-15-5-2-3-6-15/h4,7-12,15,18H,2-3,5-6,13H2,1H3. The van der Waals surface area contributed by atoms with Crippen molar-refractivity contribution in [1.82, 2.24) is 9.88 Å². The Morgan fingerprint density at radius 2 is 1.84 bits per heavy atom. The fraction of sp³-hybridized carbons (Fsp3) is 0.412. The molecule has 1 N–H and O–H groups in total. The molecule has 0 bridgehead atoms. The molecule has 19 heavy (non-hydrogen) atoms. The van der Waals surface area contributed by atoms with Crippen LogP contribution >= 0.6 is 0 Å². The number of rotatable bonds is 4. The number of nitrogens with zero attached hydrogens (tertiary/aromatic N) is 1. The quantitative estimate of drug-likeness (QED) is 0.877. The first-order valence-electron chi connectivity index (χ1n) is 7.29. The van der Waals surface area contributed by atoms with Crippen LogP contribution in [0.15, 0.2) is 42.6 Å². The molecule has 0 unspecified atom stereocenters. The fourth-order valence-corrected chi connectivity index (χ4v) is 2.90. The van der Waals surface area contributed by atoms with Crippen molar-refractivity contribution in [3.8, 4) is 5.69 Å². The van der Waals surface area contributed by atoms with Gasteiger partial charge in [-0.05, 0) is 44.0 Å². The largest absolute Gasteiger partial charge is 0.320 e. The van der Waals surface area contributed by atoms with Crippen molar-refractivity contribution in [2.75, 3.05) is 0 Å². The zero-order chi connectivity index (χ0) is 13.1. The molecule has 1 fully saturated rings. The number of aryl methyl sites for hydroxylation is 1. The van der Waals surface area contributed by atoms with Crippen LogP contribution in [0.2, 0.25) is 0 Å². The lowest BCUT2D eigenvalue weighted by Gasteiger charge is -2.14. The molecular formula is C17H22N2. The Bertz CT molecular complexity index is 518. The van der Waals surface area contributed by atoms with Gasteiger partial charge in [-0.2, -0.15) is 0 Å². The molecule has 0 spiro atoms. The molecule has 3 rings (SSSR count). The second-order valence-corrected chi connectivity index (χ2v) is 5.57. The molecule has 0 atom stereocenters. The van der Waals surface area contributed by atoms with Crippen LogP contribution in [-0.2, 0) is 6.54 Å². The zero-order valence-electron chi connectivity index (χ0n) is 11.6. The summed E-state index contributed by atoms with van der Waals surface area (Å²) in [5.41, 5.74) is 3.90. The van der Waals surface area contributed by atoms with Gasteiger partial charge in [0.2, 0.25) is 0 Å². The molecule has 1 saturated carbocycles. The average molecular weight is 254 g/mol. The van der Waals surface area contributed by atoms with Crippen LogP contribution in [0, 0.1) is 6.92 Å². The fourth-order valence-electron chi connectivity index (χ4n) is 2.90. The summed E-state index contributed by atoms with van der Waals surface area (Å²) in [7, 11) is 0. The summed E-state index contributed by atoms with van der Waals surface area (Å²) >= 11 is 0. The van der Waals surface area contributed by atoms with Gasteiger partial charge in [0.05, 0.1) is 0 Å². The topological polar surface area (TPSA) is 17.0 Å². The van der Waals surface area contributed by atoms with Gasteiger partial charge in [-0.25, -0.2) is 0 Å². The van der Waals surface area contributed by atoms with E-state index in [4.69, 9.17) is 0 Å². The highest BCUT2D eigenvalue weighted by atomic mass is 15.0. The SMILES string of the molecule is Cc1ccc(-n2cccc2CNC2CCCC2)cc1. The smallest absolute Gasteiger partial charge is 0.0453 e. The van der Waals surface area contributed by atoms with E-state index in [-0.39, 0.29) is 0 Å². The second kappa shape index (κ2) is 5.62. The Labute approximate surface area is 115 Å². The van der Waals surface area contributed by atoms with Gasteiger partial charge in [-0.3, -0.25) is 0 Å². The Kier molecular flexibility index (Phi) is 3.69. The average Bonchev–Trinajstić information content (AvgIpc) is 3.08. The maximum Gasteiger partial charge on any atom is 0.0453 e. The van der Waals surface area contributed by atoms with Crippen molar-refractivity contribution in [2.24, 2.45) is 0 Å². The Morgan fingerprint density at radius 1 is 1.11 bits per heavy atom. The summed E-state index contributed by atoms with van der Waals surface area (Å²) in [6.45, 7) is 3.09. The summed E-state index contributed by atoms with van der Waals surface area (Å²) in [5, 5.41) is 3.68. The van der Waals surface area contributed by atoms with Crippen LogP contribution < -0.4 is 5.32 Å². The van der Waals surface area contributed by atoms with Crippen molar-refractivity contribution in [2.45, 2.75) is 45.2 Å². The van der Waals surface area contributed by atoms with Gasteiger partial charge in [-0.15, -0.1) is 0 Å². The highest BCUT2D eigenvalue weighted by Gasteiger charge is 2.14. The predicted molar refractivity (Wildman–Crippen MR) is 79.6 cm³/mol. The predicted octanol–water partition coefficient (Wildman–Crippen LogP) is 3.82. The molecule has 2 aromatic rings. The van der Waals surface area contributed by atoms with E-state index in [1.54, 1.807) is 0 Å². The van der Waals surface area contributed by atoms with Crippen LogP contribution in [0.25, 0.3) is 5.69 Å². The van der Waals surface area contributed by atoms with Gasteiger partial charge in [0.1, 0.15) is 0 Å². The summed E-state index contributed by atoms with van der Waals surface area (Å²) < 4.78 is 2.28. The number of aromatic nitrogens is 1. The normalized spacial score (nSPS) is 16.1. The highest BCUT2D eigenvalue weighted by molar-refractivity contribution is 5.37. The first kappa shape index (κ1) is 12.5. The van der Waals surface area contributed by atoms with Gasteiger partial charge in [0, 0.05) is 30.2 Å². The molecule has 1 aliphatic rings.